The summed E-state index contributed by atoms with van der Waals surface area (Å²) in [5, 5.41) is 9.84. The number of rotatable bonds is 8. The Morgan fingerprint density at radius 1 is 1.12 bits per heavy atom. The molecule has 1 heterocycles. The summed E-state index contributed by atoms with van der Waals surface area (Å²) in [7, 11) is 0. The molecule has 0 bridgehead atoms. The standard InChI is InChI=1S/C23H26ClN5O2.HI/c1-3-25-23(26-13-12-21(30)29-20-11-7-10-19(24)16(20)2)27-14-18-15-31-22(28-18)17-8-5-4-6-9-17;/h4-11,15H,3,12-14H2,1-2H3,(H,29,30)(H2,25,26,27);1H. The number of carbonyl (C=O) groups is 1. The highest BCUT2D eigenvalue weighted by Crippen LogP contribution is 2.23. The largest absolute Gasteiger partial charge is 0.444 e. The van der Waals surface area contributed by atoms with Gasteiger partial charge in [-0.1, -0.05) is 35.9 Å². The molecule has 3 aromatic rings. The highest BCUT2D eigenvalue weighted by atomic mass is 127. The summed E-state index contributed by atoms with van der Waals surface area (Å²) in [5.74, 6) is 1.08. The van der Waals surface area contributed by atoms with Gasteiger partial charge in [-0.25, -0.2) is 9.98 Å². The third kappa shape index (κ3) is 7.52. The van der Waals surface area contributed by atoms with Crippen LogP contribution in [0.25, 0.3) is 11.5 Å². The van der Waals surface area contributed by atoms with Gasteiger partial charge in [0.05, 0.1) is 6.54 Å². The number of nitrogens with zero attached hydrogens (tertiary/aromatic N) is 2. The van der Waals surface area contributed by atoms with Crippen LogP contribution in [0.1, 0.15) is 24.6 Å². The second kappa shape index (κ2) is 13.1. The molecule has 3 rings (SSSR count). The molecule has 7 nitrogen and oxygen atoms in total. The number of aliphatic imine (C=N–C) groups is 1. The maximum absolute atomic E-state index is 12.3. The van der Waals surface area contributed by atoms with E-state index in [2.05, 4.69) is 25.9 Å². The Balaban J connectivity index is 0.00000363. The number of hydrogen-bond acceptors (Lipinski definition) is 4. The summed E-state index contributed by atoms with van der Waals surface area (Å²) in [5.41, 5.74) is 3.22. The normalized spacial score (nSPS) is 10.9. The molecule has 1 aromatic heterocycles. The lowest BCUT2D eigenvalue weighted by molar-refractivity contribution is -0.116. The van der Waals surface area contributed by atoms with Crippen molar-refractivity contribution in [3.05, 3.63) is 71.1 Å². The molecule has 0 atom stereocenters. The van der Waals surface area contributed by atoms with E-state index < -0.39 is 0 Å². The van der Waals surface area contributed by atoms with Gasteiger partial charge in [0, 0.05) is 35.8 Å². The lowest BCUT2D eigenvalue weighted by atomic mass is 10.2. The monoisotopic (exact) mass is 567 g/mol. The van der Waals surface area contributed by atoms with Gasteiger partial charge in [-0.05, 0) is 43.7 Å². The fraction of sp³-hybridized carbons (Fsp3) is 0.261. The zero-order valence-electron chi connectivity index (χ0n) is 18.0. The zero-order valence-corrected chi connectivity index (χ0v) is 21.1. The van der Waals surface area contributed by atoms with E-state index in [0.29, 0.717) is 42.9 Å². The first-order chi connectivity index (χ1) is 15.1. The number of halogens is 2. The highest BCUT2D eigenvalue weighted by Gasteiger charge is 2.08. The van der Waals surface area contributed by atoms with E-state index in [-0.39, 0.29) is 29.9 Å². The van der Waals surface area contributed by atoms with Gasteiger partial charge in [0.25, 0.3) is 0 Å². The van der Waals surface area contributed by atoms with Crippen molar-refractivity contribution in [2.75, 3.05) is 18.4 Å². The summed E-state index contributed by atoms with van der Waals surface area (Å²) in [4.78, 5) is 21.3. The molecule has 1 amide bonds. The summed E-state index contributed by atoms with van der Waals surface area (Å²) in [6.07, 6.45) is 1.90. The van der Waals surface area contributed by atoms with Gasteiger partial charge in [-0.15, -0.1) is 24.0 Å². The third-order valence-electron chi connectivity index (χ3n) is 4.50. The molecule has 0 radical (unpaired) electrons. The number of nitrogens with one attached hydrogen (secondary N) is 3. The molecule has 0 aliphatic rings. The van der Waals surface area contributed by atoms with Crippen LogP contribution in [0.3, 0.4) is 0 Å². The molecular formula is C23H27ClIN5O2. The number of aromatic nitrogens is 1. The topological polar surface area (TPSA) is 91.6 Å². The van der Waals surface area contributed by atoms with E-state index in [1.165, 1.54) is 0 Å². The Kier molecular flexibility index (Phi) is 10.5. The number of carbonyl (C=O) groups excluding carboxylic acids is 1. The second-order valence-electron chi connectivity index (χ2n) is 6.84. The van der Waals surface area contributed by atoms with Gasteiger partial charge < -0.3 is 20.4 Å². The van der Waals surface area contributed by atoms with Gasteiger partial charge in [0.1, 0.15) is 12.0 Å². The minimum absolute atomic E-state index is 0. The number of benzene rings is 2. The van der Waals surface area contributed by atoms with Gasteiger partial charge in [0.2, 0.25) is 11.8 Å². The van der Waals surface area contributed by atoms with E-state index in [0.717, 1.165) is 22.5 Å². The SMILES string of the molecule is CCNC(=NCc1coc(-c2ccccc2)n1)NCCC(=O)Nc1cccc(Cl)c1C.I. The molecule has 0 spiro atoms. The van der Waals surface area contributed by atoms with E-state index in [1.54, 1.807) is 12.3 Å². The van der Waals surface area contributed by atoms with E-state index in [1.807, 2.05) is 56.3 Å². The molecule has 2 aromatic carbocycles. The van der Waals surface area contributed by atoms with Crippen LogP contribution in [0.4, 0.5) is 5.69 Å². The average Bonchev–Trinajstić information content (AvgIpc) is 3.25. The van der Waals surface area contributed by atoms with Crippen molar-refractivity contribution in [3.8, 4) is 11.5 Å². The molecule has 0 unspecified atom stereocenters. The zero-order chi connectivity index (χ0) is 22.1. The van der Waals surface area contributed by atoms with Crippen molar-refractivity contribution in [2.24, 2.45) is 4.99 Å². The average molecular weight is 568 g/mol. The minimum atomic E-state index is -0.0993. The Hall–Kier alpha value is -2.59. The van der Waals surface area contributed by atoms with Crippen LogP contribution in [-0.2, 0) is 11.3 Å². The molecule has 9 heteroatoms. The van der Waals surface area contributed by atoms with E-state index in [9.17, 15) is 4.79 Å². The third-order valence-corrected chi connectivity index (χ3v) is 4.91. The van der Waals surface area contributed by atoms with Crippen molar-refractivity contribution in [3.63, 3.8) is 0 Å². The van der Waals surface area contributed by atoms with Crippen molar-refractivity contribution >= 4 is 53.1 Å². The van der Waals surface area contributed by atoms with Crippen LogP contribution in [0.15, 0.2) is 64.2 Å². The maximum Gasteiger partial charge on any atom is 0.226 e. The molecule has 0 aliphatic carbocycles. The van der Waals surface area contributed by atoms with Crippen molar-refractivity contribution in [2.45, 2.75) is 26.8 Å². The molecule has 32 heavy (non-hydrogen) atoms. The molecular weight excluding hydrogens is 541 g/mol. The van der Waals surface area contributed by atoms with Crippen LogP contribution in [0.2, 0.25) is 5.02 Å². The smallest absolute Gasteiger partial charge is 0.226 e. The number of oxazole rings is 1. The fourth-order valence-corrected chi connectivity index (χ4v) is 3.02. The summed E-state index contributed by atoms with van der Waals surface area (Å²) in [6, 6.07) is 15.2. The summed E-state index contributed by atoms with van der Waals surface area (Å²) < 4.78 is 5.55. The lowest BCUT2D eigenvalue weighted by Crippen LogP contribution is -2.38. The molecule has 0 fully saturated rings. The molecule has 170 valence electrons. The second-order valence-corrected chi connectivity index (χ2v) is 7.25. The summed E-state index contributed by atoms with van der Waals surface area (Å²) >= 11 is 6.10. The predicted molar refractivity (Wildman–Crippen MR) is 140 cm³/mol. The van der Waals surface area contributed by atoms with Crippen LogP contribution in [0, 0.1) is 6.92 Å². The Labute approximate surface area is 210 Å². The van der Waals surface area contributed by atoms with Crippen molar-refractivity contribution in [1.29, 1.82) is 0 Å². The number of hydrogen-bond donors (Lipinski definition) is 3. The predicted octanol–water partition coefficient (Wildman–Crippen LogP) is 5.01. The molecule has 0 aliphatic heterocycles. The molecule has 0 saturated heterocycles. The van der Waals surface area contributed by atoms with Gasteiger partial charge in [-0.3, -0.25) is 4.79 Å². The Bertz CT molecular complexity index is 1040. The van der Waals surface area contributed by atoms with Crippen molar-refractivity contribution < 1.29 is 9.21 Å². The maximum atomic E-state index is 12.3. The Morgan fingerprint density at radius 2 is 1.91 bits per heavy atom. The van der Waals surface area contributed by atoms with Gasteiger partial charge in [0.15, 0.2) is 5.96 Å². The lowest BCUT2D eigenvalue weighted by Gasteiger charge is -2.12. The quantitative estimate of drug-likeness (QED) is 0.202. The highest BCUT2D eigenvalue weighted by molar-refractivity contribution is 14.0. The fourth-order valence-electron chi connectivity index (χ4n) is 2.84. The number of guanidine groups is 1. The first-order valence-corrected chi connectivity index (χ1v) is 10.5. The van der Waals surface area contributed by atoms with E-state index in [4.69, 9.17) is 16.0 Å². The summed E-state index contributed by atoms with van der Waals surface area (Å²) in [6.45, 7) is 5.35. The van der Waals surface area contributed by atoms with E-state index >= 15 is 0 Å². The molecule has 0 saturated carbocycles. The first kappa shape index (κ1) is 25.7. The van der Waals surface area contributed by atoms with Crippen LogP contribution >= 0.6 is 35.6 Å². The van der Waals surface area contributed by atoms with Crippen LogP contribution in [0.5, 0.6) is 0 Å². The minimum Gasteiger partial charge on any atom is -0.444 e. The van der Waals surface area contributed by atoms with Gasteiger partial charge >= 0.3 is 0 Å². The van der Waals surface area contributed by atoms with Crippen LogP contribution < -0.4 is 16.0 Å². The number of anilines is 1. The van der Waals surface area contributed by atoms with Gasteiger partial charge in [-0.2, -0.15) is 0 Å². The first-order valence-electron chi connectivity index (χ1n) is 10.1. The Morgan fingerprint density at radius 3 is 2.66 bits per heavy atom. The number of amides is 1. The van der Waals surface area contributed by atoms with Crippen LogP contribution in [-0.4, -0.2) is 29.9 Å². The van der Waals surface area contributed by atoms with Crippen molar-refractivity contribution in [1.82, 2.24) is 15.6 Å². The molecule has 3 N–H and O–H groups in total.